The molecule has 1 saturated heterocycles. The highest BCUT2D eigenvalue weighted by Crippen LogP contribution is 2.35. The highest BCUT2D eigenvalue weighted by molar-refractivity contribution is 5.69. The van der Waals surface area contributed by atoms with Gasteiger partial charge < -0.3 is 9.47 Å². The Morgan fingerprint density at radius 1 is 1.00 bits per heavy atom. The summed E-state index contributed by atoms with van der Waals surface area (Å²) >= 11 is 0. The molecule has 0 aromatic rings. The smallest absolute Gasteiger partial charge is 0.394 e. The summed E-state index contributed by atoms with van der Waals surface area (Å²) in [6.45, 7) is 4.50. The lowest BCUT2D eigenvalue weighted by Gasteiger charge is -2.31. The maximum Gasteiger partial charge on any atom is 0.394 e. The second kappa shape index (κ2) is 14.2. The molecule has 1 aliphatic heterocycles. The molecular formula is C21H36F5NO3. The van der Waals surface area contributed by atoms with E-state index in [-0.39, 0.29) is 19.4 Å². The number of carbonyl (C=O) groups is 1. The van der Waals surface area contributed by atoms with Gasteiger partial charge in [0.1, 0.15) is 12.5 Å². The molecule has 0 radical (unpaired) electrons. The van der Waals surface area contributed by atoms with Crippen LogP contribution < -0.4 is 0 Å². The maximum absolute atomic E-state index is 13.7. The van der Waals surface area contributed by atoms with Crippen molar-refractivity contribution < 1.29 is 36.2 Å². The van der Waals surface area contributed by atoms with Gasteiger partial charge in [0, 0.05) is 32.5 Å². The number of rotatable bonds is 15. The molecule has 1 aliphatic rings. The molecule has 0 aromatic carbocycles. The Hall–Kier alpha value is -0.960. The number of esters is 1. The fraction of sp³-hybridized carbons (Fsp3) is 0.952. The minimum absolute atomic E-state index is 0.201. The lowest BCUT2D eigenvalue weighted by Crippen LogP contribution is -2.42. The molecule has 178 valence electrons. The molecule has 1 rings (SSSR count). The third-order valence-corrected chi connectivity index (χ3v) is 5.14. The van der Waals surface area contributed by atoms with Gasteiger partial charge in [0.2, 0.25) is 0 Å². The van der Waals surface area contributed by atoms with Crippen molar-refractivity contribution in [1.82, 2.24) is 4.90 Å². The maximum atomic E-state index is 13.7. The highest BCUT2D eigenvalue weighted by atomic mass is 19.4. The molecule has 0 saturated carbocycles. The van der Waals surface area contributed by atoms with E-state index in [1.807, 2.05) is 4.90 Å². The molecular weight excluding hydrogens is 409 g/mol. The van der Waals surface area contributed by atoms with Crippen molar-refractivity contribution in [3.05, 3.63) is 0 Å². The van der Waals surface area contributed by atoms with E-state index in [9.17, 15) is 26.7 Å². The minimum atomic E-state index is -4.93. The third kappa shape index (κ3) is 14.1. The quantitative estimate of drug-likeness (QED) is 0.183. The number of hydrogen-bond donors (Lipinski definition) is 0. The van der Waals surface area contributed by atoms with E-state index in [4.69, 9.17) is 9.47 Å². The van der Waals surface area contributed by atoms with Gasteiger partial charge in [-0.2, -0.15) is 13.2 Å². The van der Waals surface area contributed by atoms with E-state index < -0.39 is 37.0 Å². The summed E-state index contributed by atoms with van der Waals surface area (Å²) in [4.78, 5) is 14.1. The molecule has 1 atom stereocenters. The van der Waals surface area contributed by atoms with Crippen LogP contribution in [0.1, 0.15) is 77.6 Å². The predicted octanol–water partition coefficient (Wildman–Crippen LogP) is 5.74. The Labute approximate surface area is 176 Å². The molecule has 1 fully saturated rings. The monoisotopic (exact) mass is 445 g/mol. The van der Waals surface area contributed by atoms with E-state index in [2.05, 4.69) is 6.92 Å². The van der Waals surface area contributed by atoms with Crippen LogP contribution >= 0.6 is 0 Å². The molecule has 0 aromatic heterocycles. The number of morpholine rings is 1. The van der Waals surface area contributed by atoms with E-state index in [1.165, 1.54) is 19.3 Å². The third-order valence-electron chi connectivity index (χ3n) is 5.14. The number of hydrogen-bond acceptors (Lipinski definition) is 4. The largest absolute Gasteiger partial charge is 0.461 e. The predicted molar refractivity (Wildman–Crippen MR) is 105 cm³/mol. The average molecular weight is 446 g/mol. The molecule has 1 unspecified atom stereocenters. The first-order valence-electron chi connectivity index (χ1n) is 11.1. The van der Waals surface area contributed by atoms with Crippen molar-refractivity contribution >= 4 is 5.97 Å². The van der Waals surface area contributed by atoms with Crippen LogP contribution in [0.4, 0.5) is 22.0 Å². The SMILES string of the molecule is CCCCCCCCCC(=O)OC(CCC(F)(F)CC(F)(F)F)CN1CCOCC1. The van der Waals surface area contributed by atoms with Gasteiger partial charge in [-0.3, -0.25) is 9.69 Å². The van der Waals surface area contributed by atoms with E-state index in [0.29, 0.717) is 32.7 Å². The van der Waals surface area contributed by atoms with Gasteiger partial charge in [-0.15, -0.1) is 0 Å². The van der Waals surface area contributed by atoms with Crippen molar-refractivity contribution in [2.24, 2.45) is 0 Å². The van der Waals surface area contributed by atoms with Gasteiger partial charge in [-0.1, -0.05) is 45.4 Å². The van der Waals surface area contributed by atoms with Gasteiger partial charge in [0.15, 0.2) is 0 Å². The van der Waals surface area contributed by atoms with Crippen LogP contribution in [0, 0.1) is 0 Å². The number of alkyl halides is 5. The molecule has 0 amide bonds. The van der Waals surface area contributed by atoms with Gasteiger partial charge in [-0.25, -0.2) is 8.78 Å². The van der Waals surface area contributed by atoms with Crippen LogP contribution in [0.15, 0.2) is 0 Å². The standard InChI is InChI=1S/C21H36F5NO3/c1-2-3-4-5-6-7-8-9-19(28)30-18(16-27-12-14-29-15-13-27)10-11-20(22,23)17-21(24,25)26/h18H,2-17H2,1H3. The summed E-state index contributed by atoms with van der Waals surface area (Å²) < 4.78 is 75.0. The zero-order valence-corrected chi connectivity index (χ0v) is 18.0. The zero-order chi connectivity index (χ0) is 22.5. The van der Waals surface area contributed by atoms with E-state index >= 15 is 0 Å². The van der Waals surface area contributed by atoms with Crippen LogP contribution in [-0.2, 0) is 14.3 Å². The first kappa shape index (κ1) is 27.1. The normalized spacial score (nSPS) is 17.1. The summed E-state index contributed by atoms with van der Waals surface area (Å²) in [5.41, 5.74) is 0. The lowest BCUT2D eigenvalue weighted by atomic mass is 10.1. The van der Waals surface area contributed by atoms with Crippen LogP contribution in [-0.4, -0.2) is 61.9 Å². The Balaban J connectivity index is 2.45. The minimum Gasteiger partial charge on any atom is -0.461 e. The molecule has 0 N–H and O–H groups in total. The second-order valence-corrected chi connectivity index (χ2v) is 8.08. The van der Waals surface area contributed by atoms with E-state index in [0.717, 1.165) is 19.3 Å². The van der Waals surface area contributed by atoms with Crippen LogP contribution in [0.2, 0.25) is 0 Å². The number of nitrogens with zero attached hydrogens (tertiary/aromatic N) is 1. The molecule has 0 spiro atoms. The van der Waals surface area contributed by atoms with Crippen molar-refractivity contribution in [3.63, 3.8) is 0 Å². The zero-order valence-electron chi connectivity index (χ0n) is 18.0. The Morgan fingerprint density at radius 3 is 2.20 bits per heavy atom. The van der Waals surface area contributed by atoms with Gasteiger partial charge in [0.05, 0.1) is 13.2 Å². The van der Waals surface area contributed by atoms with Crippen LogP contribution in [0.25, 0.3) is 0 Å². The molecule has 1 heterocycles. The van der Waals surface area contributed by atoms with Crippen molar-refractivity contribution in [2.45, 2.75) is 95.8 Å². The molecule has 4 nitrogen and oxygen atoms in total. The first-order valence-corrected chi connectivity index (χ1v) is 11.1. The number of unbranched alkanes of at least 4 members (excludes halogenated alkanes) is 6. The van der Waals surface area contributed by atoms with Gasteiger partial charge in [-0.05, 0) is 12.8 Å². The molecule has 9 heteroatoms. The molecule has 30 heavy (non-hydrogen) atoms. The fourth-order valence-electron chi connectivity index (χ4n) is 3.48. The summed E-state index contributed by atoms with van der Waals surface area (Å²) in [6.07, 6.45) is -1.74. The summed E-state index contributed by atoms with van der Waals surface area (Å²) in [5, 5.41) is 0. The van der Waals surface area contributed by atoms with Gasteiger partial charge in [0.25, 0.3) is 5.92 Å². The highest BCUT2D eigenvalue weighted by Gasteiger charge is 2.43. The lowest BCUT2D eigenvalue weighted by molar-refractivity contribution is -0.191. The summed E-state index contributed by atoms with van der Waals surface area (Å²) in [5.74, 6) is -4.34. The Morgan fingerprint density at radius 2 is 1.60 bits per heavy atom. The number of carbonyl (C=O) groups excluding carboxylic acids is 1. The number of halogens is 5. The van der Waals surface area contributed by atoms with Crippen molar-refractivity contribution in [2.75, 3.05) is 32.8 Å². The number of ether oxygens (including phenoxy) is 2. The van der Waals surface area contributed by atoms with Gasteiger partial charge >= 0.3 is 12.1 Å². The summed E-state index contributed by atoms with van der Waals surface area (Å²) in [6, 6.07) is 0. The first-order chi connectivity index (χ1) is 14.1. The second-order valence-electron chi connectivity index (χ2n) is 8.08. The van der Waals surface area contributed by atoms with Crippen LogP contribution in [0.3, 0.4) is 0 Å². The van der Waals surface area contributed by atoms with Crippen molar-refractivity contribution in [3.8, 4) is 0 Å². The fourth-order valence-corrected chi connectivity index (χ4v) is 3.48. The Bertz CT molecular complexity index is 468. The summed E-state index contributed by atoms with van der Waals surface area (Å²) in [7, 11) is 0. The topological polar surface area (TPSA) is 38.8 Å². The molecule has 0 bridgehead atoms. The Kier molecular flexibility index (Phi) is 12.8. The van der Waals surface area contributed by atoms with Crippen molar-refractivity contribution in [1.29, 1.82) is 0 Å². The van der Waals surface area contributed by atoms with E-state index in [1.54, 1.807) is 0 Å². The van der Waals surface area contributed by atoms with Crippen LogP contribution in [0.5, 0.6) is 0 Å². The molecule has 0 aliphatic carbocycles. The average Bonchev–Trinajstić information content (AvgIpc) is 2.64.